The van der Waals surface area contributed by atoms with Gasteiger partial charge in [0.15, 0.2) is 0 Å². The summed E-state index contributed by atoms with van der Waals surface area (Å²) in [5.41, 5.74) is 4.87. The number of nitrogens with zero attached hydrogens (tertiary/aromatic N) is 4. The molecule has 0 saturated heterocycles. The summed E-state index contributed by atoms with van der Waals surface area (Å²) in [6, 6.07) is 11.8. The van der Waals surface area contributed by atoms with Crippen LogP contribution in [0.3, 0.4) is 0 Å². The molecule has 0 aliphatic carbocycles. The highest BCUT2D eigenvalue weighted by molar-refractivity contribution is 5.79. The number of amides is 1. The van der Waals surface area contributed by atoms with Crippen LogP contribution in [0, 0.1) is 0 Å². The summed E-state index contributed by atoms with van der Waals surface area (Å²) in [4.78, 5) is 17.4. The van der Waals surface area contributed by atoms with Gasteiger partial charge in [-0.3, -0.25) is 14.5 Å². The number of rotatable bonds is 8. The summed E-state index contributed by atoms with van der Waals surface area (Å²) in [6.07, 6.45) is 6.05. The Balaban J connectivity index is 1.76. The summed E-state index contributed by atoms with van der Waals surface area (Å²) in [7, 11) is 1.81. The van der Waals surface area contributed by atoms with E-state index in [1.807, 2.05) is 37.6 Å². The van der Waals surface area contributed by atoms with E-state index < -0.39 is 6.04 Å². The van der Waals surface area contributed by atoms with Crippen molar-refractivity contribution in [3.8, 4) is 0 Å². The lowest BCUT2D eigenvalue weighted by atomic mass is 10.0. The Labute approximate surface area is 172 Å². The number of hydrogen-bond donors (Lipinski definition) is 1. The molecular weight excluding hydrogens is 362 g/mol. The van der Waals surface area contributed by atoms with Crippen molar-refractivity contribution in [1.82, 2.24) is 25.3 Å². The van der Waals surface area contributed by atoms with Crippen molar-refractivity contribution in [3.05, 3.63) is 76.9 Å². The van der Waals surface area contributed by atoms with E-state index in [1.165, 1.54) is 11.1 Å². The fourth-order valence-electron chi connectivity index (χ4n) is 3.26. The largest absolute Gasteiger partial charge is 0.342 e. The molecule has 0 saturated carbocycles. The predicted molar refractivity (Wildman–Crippen MR) is 113 cm³/mol. The predicted octanol–water partition coefficient (Wildman–Crippen LogP) is 3.73. The molecule has 0 fully saturated rings. The Morgan fingerprint density at radius 2 is 1.79 bits per heavy atom. The lowest BCUT2D eigenvalue weighted by Crippen LogP contribution is -2.31. The van der Waals surface area contributed by atoms with Crippen molar-refractivity contribution < 1.29 is 4.79 Å². The molecule has 1 aromatic carbocycles. The second-order valence-electron chi connectivity index (χ2n) is 7.73. The van der Waals surface area contributed by atoms with Gasteiger partial charge in [0.1, 0.15) is 11.7 Å². The number of nitrogens with one attached hydrogen (secondary N) is 1. The summed E-state index contributed by atoms with van der Waals surface area (Å²) >= 11 is 0. The fraction of sp³-hybridized carbons (Fsp3) is 0.391. The number of aromatic nitrogens is 4. The molecule has 6 heteroatoms. The molecule has 0 bridgehead atoms. The third-order valence-electron chi connectivity index (χ3n) is 4.91. The first-order valence-electron chi connectivity index (χ1n) is 10.2. The van der Waals surface area contributed by atoms with Gasteiger partial charge in [-0.15, -0.1) is 5.10 Å². The second-order valence-corrected chi connectivity index (χ2v) is 7.73. The molecule has 0 radical (unpaired) electrons. The van der Waals surface area contributed by atoms with Gasteiger partial charge in [-0.2, -0.15) is 0 Å². The van der Waals surface area contributed by atoms with Gasteiger partial charge in [0.05, 0.1) is 18.3 Å². The molecule has 6 nitrogen and oxygen atoms in total. The van der Waals surface area contributed by atoms with Crippen molar-refractivity contribution in [3.63, 3.8) is 0 Å². The van der Waals surface area contributed by atoms with Gasteiger partial charge < -0.3 is 5.32 Å². The molecule has 1 amide bonds. The van der Waals surface area contributed by atoms with E-state index in [-0.39, 0.29) is 5.91 Å². The molecular formula is C23H29N5O. The van der Waals surface area contributed by atoms with E-state index >= 15 is 0 Å². The van der Waals surface area contributed by atoms with Crippen LogP contribution in [0.4, 0.5) is 0 Å². The average molecular weight is 392 g/mol. The van der Waals surface area contributed by atoms with E-state index in [2.05, 4.69) is 59.6 Å². The summed E-state index contributed by atoms with van der Waals surface area (Å²) in [5.74, 6) is 0.401. The van der Waals surface area contributed by atoms with E-state index in [0.717, 1.165) is 24.1 Å². The van der Waals surface area contributed by atoms with E-state index in [1.54, 1.807) is 4.68 Å². The van der Waals surface area contributed by atoms with Crippen molar-refractivity contribution in [2.75, 3.05) is 0 Å². The number of hydrogen-bond acceptors (Lipinski definition) is 4. The van der Waals surface area contributed by atoms with Crippen LogP contribution in [0.5, 0.6) is 0 Å². The Morgan fingerprint density at radius 1 is 1.07 bits per heavy atom. The van der Waals surface area contributed by atoms with Gasteiger partial charge in [0, 0.05) is 13.2 Å². The van der Waals surface area contributed by atoms with Gasteiger partial charge in [0.25, 0.3) is 0 Å². The zero-order valence-corrected chi connectivity index (χ0v) is 17.6. The number of aryl methyl sites for hydroxylation is 2. The first kappa shape index (κ1) is 20.7. The highest BCUT2D eigenvalue weighted by atomic mass is 16.1. The zero-order chi connectivity index (χ0) is 20.8. The van der Waals surface area contributed by atoms with Crippen LogP contribution in [0.2, 0.25) is 0 Å². The molecule has 2 aromatic heterocycles. The molecule has 0 aliphatic rings. The SMILES string of the molecule is CCCc1ccc(C(NC(=O)Cc2ccc(C(C)C)cc2)c2cn(C)nn2)nc1. The van der Waals surface area contributed by atoms with Crippen LogP contribution in [-0.2, 0) is 24.7 Å². The van der Waals surface area contributed by atoms with Crippen molar-refractivity contribution in [2.45, 2.75) is 52.0 Å². The summed E-state index contributed by atoms with van der Waals surface area (Å²) < 4.78 is 1.63. The molecule has 152 valence electrons. The molecule has 1 atom stereocenters. The first-order chi connectivity index (χ1) is 14.0. The van der Waals surface area contributed by atoms with Crippen molar-refractivity contribution >= 4 is 5.91 Å². The number of pyridine rings is 1. The molecule has 0 spiro atoms. The average Bonchev–Trinajstić information content (AvgIpc) is 3.13. The maximum absolute atomic E-state index is 12.8. The Morgan fingerprint density at radius 3 is 2.34 bits per heavy atom. The summed E-state index contributed by atoms with van der Waals surface area (Å²) in [6.45, 7) is 6.46. The highest BCUT2D eigenvalue weighted by Gasteiger charge is 2.21. The monoisotopic (exact) mass is 391 g/mol. The highest BCUT2D eigenvalue weighted by Crippen LogP contribution is 2.20. The molecule has 3 aromatic rings. The lowest BCUT2D eigenvalue weighted by molar-refractivity contribution is -0.121. The molecule has 2 heterocycles. The molecule has 1 N–H and O–H groups in total. The van der Waals surface area contributed by atoms with Gasteiger partial charge in [-0.05, 0) is 35.1 Å². The van der Waals surface area contributed by atoms with Crippen LogP contribution in [-0.4, -0.2) is 25.9 Å². The molecule has 0 aliphatic heterocycles. The zero-order valence-electron chi connectivity index (χ0n) is 17.6. The molecule has 3 rings (SSSR count). The van der Waals surface area contributed by atoms with E-state index in [0.29, 0.717) is 18.0 Å². The van der Waals surface area contributed by atoms with Crippen molar-refractivity contribution in [2.24, 2.45) is 7.05 Å². The van der Waals surface area contributed by atoms with Gasteiger partial charge in [-0.1, -0.05) is 62.7 Å². The third-order valence-corrected chi connectivity index (χ3v) is 4.91. The third kappa shape index (κ3) is 5.50. The Hall–Kier alpha value is -3.02. The number of carbonyl (C=O) groups excluding carboxylic acids is 1. The van der Waals surface area contributed by atoms with Gasteiger partial charge in [0.2, 0.25) is 5.91 Å². The van der Waals surface area contributed by atoms with Gasteiger partial charge in [-0.25, -0.2) is 0 Å². The number of carbonyl (C=O) groups is 1. The number of benzene rings is 1. The quantitative estimate of drug-likeness (QED) is 0.635. The van der Waals surface area contributed by atoms with Crippen molar-refractivity contribution in [1.29, 1.82) is 0 Å². The Bertz CT molecular complexity index is 929. The normalized spacial score (nSPS) is 12.2. The minimum absolute atomic E-state index is 0.0719. The smallest absolute Gasteiger partial charge is 0.225 e. The minimum Gasteiger partial charge on any atom is -0.342 e. The second kappa shape index (κ2) is 9.45. The van der Waals surface area contributed by atoms with Crippen LogP contribution in [0.15, 0.2) is 48.8 Å². The van der Waals surface area contributed by atoms with Gasteiger partial charge >= 0.3 is 0 Å². The van der Waals surface area contributed by atoms with Crippen LogP contribution in [0.25, 0.3) is 0 Å². The standard InChI is InChI=1S/C23H29N5O/c1-5-6-18-9-12-20(24-14-18)23(21-15-28(4)27-26-21)25-22(29)13-17-7-10-19(11-8-17)16(2)3/h7-12,14-16,23H,5-6,13H2,1-4H3,(H,25,29). The minimum atomic E-state index is -0.429. The van der Waals surface area contributed by atoms with Crippen LogP contribution >= 0.6 is 0 Å². The van der Waals surface area contributed by atoms with Crippen LogP contribution < -0.4 is 5.32 Å². The maximum atomic E-state index is 12.8. The van der Waals surface area contributed by atoms with Crippen LogP contribution in [0.1, 0.15) is 67.2 Å². The Kier molecular flexibility index (Phi) is 6.75. The lowest BCUT2D eigenvalue weighted by Gasteiger charge is -2.17. The van der Waals surface area contributed by atoms with E-state index in [4.69, 9.17) is 0 Å². The fourth-order valence-corrected chi connectivity index (χ4v) is 3.26. The molecule has 1 unspecified atom stereocenters. The maximum Gasteiger partial charge on any atom is 0.225 e. The topological polar surface area (TPSA) is 72.7 Å². The molecule has 29 heavy (non-hydrogen) atoms. The van der Waals surface area contributed by atoms with E-state index in [9.17, 15) is 4.79 Å². The first-order valence-corrected chi connectivity index (χ1v) is 10.2. The summed E-state index contributed by atoms with van der Waals surface area (Å²) in [5, 5.41) is 11.3.